The Morgan fingerprint density at radius 3 is 3.00 bits per heavy atom. The van der Waals surface area contributed by atoms with Crippen molar-refractivity contribution in [1.29, 1.82) is 0 Å². The van der Waals surface area contributed by atoms with E-state index in [-0.39, 0.29) is 0 Å². The monoisotopic (exact) mass is 190 g/mol. The van der Waals surface area contributed by atoms with E-state index in [1.54, 1.807) is 0 Å². The molecule has 13 heavy (non-hydrogen) atoms. The Morgan fingerprint density at radius 1 is 1.54 bits per heavy atom. The summed E-state index contributed by atoms with van der Waals surface area (Å²) < 4.78 is 0. The van der Waals surface area contributed by atoms with Crippen molar-refractivity contribution in [2.75, 3.05) is 0 Å². The van der Waals surface area contributed by atoms with Gasteiger partial charge in [-0.15, -0.1) is 11.8 Å². The molecule has 67 valence electrons. The summed E-state index contributed by atoms with van der Waals surface area (Å²) >= 11 is 1.95. The van der Waals surface area contributed by atoms with E-state index in [0.29, 0.717) is 22.9 Å². The van der Waals surface area contributed by atoms with Crippen LogP contribution in [0, 0.1) is 0 Å². The average Bonchev–Trinajstić information content (AvgIpc) is 2.42. The summed E-state index contributed by atoms with van der Waals surface area (Å²) in [6, 6.07) is 0.510. The van der Waals surface area contributed by atoms with Crippen LogP contribution in [0.4, 0.5) is 0 Å². The fourth-order valence-electron chi connectivity index (χ4n) is 2.33. The molecule has 4 atom stereocenters. The van der Waals surface area contributed by atoms with Crippen molar-refractivity contribution in [1.82, 2.24) is 0 Å². The second-order valence-electron chi connectivity index (χ2n) is 4.00. The molecule has 0 N–H and O–H groups in total. The van der Waals surface area contributed by atoms with Gasteiger partial charge in [0.1, 0.15) is 7.28 Å². The van der Waals surface area contributed by atoms with E-state index < -0.39 is 0 Å². The molecule has 2 aliphatic rings. The van der Waals surface area contributed by atoms with Crippen molar-refractivity contribution in [2.45, 2.75) is 49.5 Å². The summed E-state index contributed by atoms with van der Waals surface area (Å²) in [5.41, 5.74) is 0. The van der Waals surface area contributed by atoms with Crippen molar-refractivity contribution in [3.8, 4) is 0 Å². The van der Waals surface area contributed by atoms with Crippen LogP contribution in [-0.4, -0.2) is 31.5 Å². The lowest BCUT2D eigenvalue weighted by molar-refractivity contribution is 0.460. The van der Waals surface area contributed by atoms with Crippen molar-refractivity contribution >= 4 is 31.9 Å². The molecule has 1 nitrogen and oxygen atoms in total. The minimum atomic E-state index is 0.335. The van der Waals surface area contributed by atoms with Gasteiger partial charge in [-0.25, -0.2) is 0 Å². The lowest BCUT2D eigenvalue weighted by Gasteiger charge is -2.35. The molecule has 2 rings (SSSR count). The lowest BCUT2D eigenvalue weighted by Crippen LogP contribution is -2.30. The fraction of sp³-hybridized carbons (Fsp3) is 0.889. The van der Waals surface area contributed by atoms with E-state index >= 15 is 0 Å². The van der Waals surface area contributed by atoms with Crippen molar-refractivity contribution in [3.05, 3.63) is 0 Å². The maximum absolute atomic E-state index is 6.08. The highest BCUT2D eigenvalue weighted by molar-refractivity contribution is 8.14. The van der Waals surface area contributed by atoms with Gasteiger partial charge in [0.25, 0.3) is 0 Å². The molecule has 1 aliphatic carbocycles. The van der Waals surface area contributed by atoms with Crippen LogP contribution in [0.3, 0.4) is 0 Å². The van der Waals surface area contributed by atoms with Gasteiger partial charge >= 0.3 is 0 Å². The maximum atomic E-state index is 6.08. The quantitative estimate of drug-likeness (QED) is 0.577. The molecule has 0 saturated heterocycles. The van der Waals surface area contributed by atoms with Crippen LogP contribution >= 0.6 is 11.8 Å². The molecule has 0 bridgehead atoms. The normalized spacial score (nSPS) is 44.0. The Bertz CT molecular complexity index is 232. The fourth-order valence-corrected chi connectivity index (χ4v) is 3.62. The minimum absolute atomic E-state index is 0.335. The Hall–Kier alpha value is 0.150. The van der Waals surface area contributed by atoms with Crippen LogP contribution in [0.25, 0.3) is 0 Å². The van der Waals surface area contributed by atoms with Crippen LogP contribution in [0.5, 0.6) is 0 Å². The third kappa shape index (κ3) is 1.83. The first-order valence-corrected chi connectivity index (χ1v) is 5.84. The zero-order chi connectivity index (χ0) is 9.42. The lowest BCUT2D eigenvalue weighted by atomic mass is 9.50. The molecule has 1 saturated carbocycles. The number of hydrogen-bond donors (Lipinski definition) is 0. The molecule has 0 amide bonds. The number of fused-ring (bicyclic) bond motifs is 1. The molecule has 0 aromatic carbocycles. The summed E-state index contributed by atoms with van der Waals surface area (Å²) in [4.78, 5) is 4.62. The summed E-state index contributed by atoms with van der Waals surface area (Å²) in [7, 11) is 8.34. The highest BCUT2D eigenvalue weighted by Gasteiger charge is 2.37. The second-order valence-corrected chi connectivity index (χ2v) is 5.44. The molecule has 0 aromatic heterocycles. The van der Waals surface area contributed by atoms with Crippen LogP contribution in [0.15, 0.2) is 4.99 Å². The molecule has 1 heterocycles. The highest BCUT2D eigenvalue weighted by atomic mass is 32.2. The van der Waals surface area contributed by atoms with Crippen LogP contribution < -0.4 is 0 Å². The van der Waals surface area contributed by atoms with Gasteiger partial charge in [-0.05, 0) is 19.8 Å². The largest absolute Gasteiger partial charge is 0.279 e. The van der Waals surface area contributed by atoms with Crippen molar-refractivity contribution in [3.63, 3.8) is 0 Å². The van der Waals surface area contributed by atoms with Crippen LogP contribution in [0.2, 0.25) is 18.5 Å². The van der Waals surface area contributed by atoms with Gasteiger partial charge in [-0.3, -0.25) is 4.99 Å². The first-order chi connectivity index (χ1) is 6.20. The summed E-state index contributed by atoms with van der Waals surface area (Å²) in [6.07, 6.45) is 2.29. The molecule has 4 unspecified atom stereocenters. The Labute approximate surface area is 86.8 Å². The van der Waals surface area contributed by atoms with Gasteiger partial charge in [0.15, 0.2) is 0 Å². The number of hydrogen-bond acceptors (Lipinski definition) is 2. The van der Waals surface area contributed by atoms with E-state index in [1.165, 1.54) is 11.5 Å². The molecule has 3 radical (unpaired) electrons. The van der Waals surface area contributed by atoms with Gasteiger partial charge in [0, 0.05) is 5.25 Å². The predicted molar refractivity (Wildman–Crippen MR) is 62.4 cm³/mol. The molecule has 1 fully saturated rings. The second kappa shape index (κ2) is 3.72. The van der Waals surface area contributed by atoms with Gasteiger partial charge in [-0.2, -0.15) is 0 Å². The summed E-state index contributed by atoms with van der Waals surface area (Å²) in [5.74, 6) is 0.941. The van der Waals surface area contributed by atoms with Crippen molar-refractivity contribution in [2.24, 2.45) is 4.99 Å². The first kappa shape index (κ1) is 9.70. The van der Waals surface area contributed by atoms with E-state index in [9.17, 15) is 0 Å². The summed E-state index contributed by atoms with van der Waals surface area (Å²) in [5, 5.41) is 1.96. The maximum Gasteiger partial charge on any atom is 0.109 e. The smallest absolute Gasteiger partial charge is 0.109 e. The van der Waals surface area contributed by atoms with Gasteiger partial charge in [0.2, 0.25) is 0 Å². The molecule has 0 aromatic rings. The Kier molecular flexibility index (Phi) is 2.77. The van der Waals surface area contributed by atoms with E-state index in [0.717, 1.165) is 6.42 Å². The zero-order valence-corrected chi connectivity index (χ0v) is 9.05. The van der Waals surface area contributed by atoms with Crippen molar-refractivity contribution < 1.29 is 0 Å². The Balaban J connectivity index is 2.04. The highest BCUT2D eigenvalue weighted by Crippen LogP contribution is 2.45. The number of rotatable bonds is 1. The minimum Gasteiger partial charge on any atom is -0.279 e. The molecular formula is C9H14B2NS. The van der Waals surface area contributed by atoms with E-state index in [1.807, 2.05) is 11.8 Å². The number of thioether (sulfide) groups is 1. The standard InChI is InChI=1S/C9H14B2NS/c1-5-12-8-3-6(10)7(11-2)4-9(8)13-5/h6-9H,3-4H2,1-2H3. The predicted octanol–water partition coefficient (Wildman–Crippen LogP) is 2.18. The van der Waals surface area contributed by atoms with Gasteiger partial charge in [0.05, 0.1) is 18.9 Å². The SMILES string of the molecule is [B]C1CC2N=C(C)SC2CC1[B]C. The molecule has 0 spiro atoms. The van der Waals surface area contributed by atoms with E-state index in [4.69, 9.17) is 7.85 Å². The number of aliphatic imine (C=N–C) groups is 1. The topological polar surface area (TPSA) is 12.4 Å². The first-order valence-electron chi connectivity index (χ1n) is 4.97. The average molecular weight is 190 g/mol. The van der Waals surface area contributed by atoms with Gasteiger partial charge in [-0.1, -0.05) is 18.5 Å². The van der Waals surface area contributed by atoms with Crippen LogP contribution in [0.1, 0.15) is 19.8 Å². The van der Waals surface area contributed by atoms with Crippen LogP contribution in [-0.2, 0) is 0 Å². The third-order valence-corrected chi connectivity index (χ3v) is 4.35. The third-order valence-electron chi connectivity index (χ3n) is 3.09. The summed E-state index contributed by atoms with van der Waals surface area (Å²) in [6.45, 7) is 4.23. The number of nitrogens with zero attached hydrogens (tertiary/aromatic N) is 1. The Morgan fingerprint density at radius 2 is 2.31 bits per heavy atom. The zero-order valence-electron chi connectivity index (χ0n) is 8.23. The molecular weight excluding hydrogens is 176 g/mol. The van der Waals surface area contributed by atoms with Gasteiger partial charge < -0.3 is 0 Å². The molecule has 4 heteroatoms. The van der Waals surface area contributed by atoms with E-state index in [2.05, 4.69) is 26.0 Å². The molecule has 1 aliphatic heterocycles.